The lowest BCUT2D eigenvalue weighted by Crippen LogP contribution is -2.32. The van der Waals surface area contributed by atoms with Gasteiger partial charge in [0.2, 0.25) is 0 Å². The van der Waals surface area contributed by atoms with Crippen LogP contribution in [0.5, 0.6) is 0 Å². The molecule has 3 rings (SSSR count). The number of nitrogens with zero attached hydrogens (tertiary/aromatic N) is 1. The molecule has 0 aliphatic carbocycles. The summed E-state index contributed by atoms with van der Waals surface area (Å²) in [6.07, 6.45) is 0.243. The maximum Gasteiger partial charge on any atom is 0.348 e. The zero-order valence-electron chi connectivity index (χ0n) is 13.0. The lowest BCUT2D eigenvalue weighted by atomic mass is 10.1. The van der Waals surface area contributed by atoms with E-state index in [1.54, 1.807) is 25.1 Å². The Morgan fingerprint density at radius 1 is 1.21 bits per heavy atom. The van der Waals surface area contributed by atoms with Crippen molar-refractivity contribution in [3.05, 3.63) is 70.1 Å². The Kier molecular flexibility index (Phi) is 4.29. The smallest absolute Gasteiger partial charge is 0.348 e. The summed E-state index contributed by atoms with van der Waals surface area (Å²) in [5.74, 6) is -1.05. The van der Waals surface area contributed by atoms with Gasteiger partial charge in [0.25, 0.3) is 6.01 Å². The van der Waals surface area contributed by atoms with E-state index in [0.717, 1.165) is 11.1 Å². The Balaban J connectivity index is 1.92. The molecule has 0 spiro atoms. The van der Waals surface area contributed by atoms with Crippen LogP contribution in [0.25, 0.3) is 10.9 Å². The second-order valence-electron chi connectivity index (χ2n) is 5.50. The van der Waals surface area contributed by atoms with Gasteiger partial charge in [-0.3, -0.25) is 0 Å². The third-order valence-corrected chi connectivity index (χ3v) is 3.74. The highest BCUT2D eigenvalue weighted by molar-refractivity contribution is 5.82. The van der Waals surface area contributed by atoms with Crippen molar-refractivity contribution in [2.75, 3.05) is 5.32 Å². The minimum absolute atomic E-state index is 0.0959. The van der Waals surface area contributed by atoms with E-state index < -0.39 is 17.6 Å². The van der Waals surface area contributed by atoms with Crippen molar-refractivity contribution < 1.29 is 14.3 Å². The predicted octanol–water partition coefficient (Wildman–Crippen LogP) is 2.60. The fourth-order valence-electron chi connectivity index (χ4n) is 2.54. The number of carbonyl (C=O) groups is 1. The number of anilines is 1. The zero-order chi connectivity index (χ0) is 17.1. The molecule has 0 saturated heterocycles. The van der Waals surface area contributed by atoms with Crippen molar-refractivity contribution in [2.24, 2.45) is 0 Å². The van der Waals surface area contributed by atoms with Crippen molar-refractivity contribution >= 4 is 22.9 Å². The number of nitrogens with one attached hydrogen (secondary N) is 1. The number of aromatic nitrogens is 1. The highest BCUT2D eigenvalue weighted by Crippen LogP contribution is 2.16. The van der Waals surface area contributed by atoms with Crippen LogP contribution in [-0.2, 0) is 11.2 Å². The van der Waals surface area contributed by atoms with E-state index in [1.807, 2.05) is 30.3 Å². The van der Waals surface area contributed by atoms with Crippen molar-refractivity contribution in [2.45, 2.75) is 19.4 Å². The summed E-state index contributed by atoms with van der Waals surface area (Å²) in [5, 5.41) is 12.5. The maximum atomic E-state index is 12.1. The van der Waals surface area contributed by atoms with Crippen LogP contribution in [0, 0.1) is 6.92 Å². The fraction of sp³-hybridized carbons (Fsp3) is 0.167. The van der Waals surface area contributed by atoms with Crippen LogP contribution in [-0.4, -0.2) is 22.1 Å². The molecule has 2 N–H and O–H groups in total. The molecule has 6 heteroatoms. The maximum absolute atomic E-state index is 12.1. The lowest BCUT2D eigenvalue weighted by molar-refractivity contribution is -0.137. The molecule has 1 aromatic heterocycles. The molecule has 24 heavy (non-hydrogen) atoms. The third kappa shape index (κ3) is 3.27. The summed E-state index contributed by atoms with van der Waals surface area (Å²) in [7, 11) is 0. The van der Waals surface area contributed by atoms with Crippen molar-refractivity contribution in [3.8, 4) is 0 Å². The number of aryl methyl sites for hydroxylation is 1. The van der Waals surface area contributed by atoms with Gasteiger partial charge in [0.1, 0.15) is 6.04 Å². The normalized spacial score (nSPS) is 12.0. The minimum Gasteiger partial charge on any atom is -0.480 e. The van der Waals surface area contributed by atoms with E-state index in [4.69, 9.17) is 4.42 Å². The van der Waals surface area contributed by atoms with Crippen molar-refractivity contribution in [3.63, 3.8) is 0 Å². The molecule has 0 amide bonds. The van der Waals surface area contributed by atoms with Crippen molar-refractivity contribution in [1.29, 1.82) is 0 Å². The summed E-state index contributed by atoms with van der Waals surface area (Å²) >= 11 is 0. The molecule has 0 aliphatic rings. The van der Waals surface area contributed by atoms with Crippen LogP contribution in [0.1, 0.15) is 11.1 Å². The number of carboxylic acids is 1. The van der Waals surface area contributed by atoms with Crippen LogP contribution >= 0.6 is 0 Å². The molecule has 0 fully saturated rings. The third-order valence-electron chi connectivity index (χ3n) is 3.74. The monoisotopic (exact) mass is 324 g/mol. The van der Waals surface area contributed by atoms with E-state index >= 15 is 0 Å². The van der Waals surface area contributed by atoms with Gasteiger partial charge in [-0.2, -0.15) is 4.98 Å². The molecule has 0 saturated carbocycles. The first-order chi connectivity index (χ1) is 11.5. The second kappa shape index (κ2) is 6.54. The van der Waals surface area contributed by atoms with E-state index in [0.29, 0.717) is 10.9 Å². The number of fused-ring (bicyclic) bond motifs is 1. The van der Waals surface area contributed by atoms with Gasteiger partial charge in [0, 0.05) is 6.42 Å². The quantitative estimate of drug-likeness (QED) is 0.749. The number of aliphatic carboxylic acids is 1. The number of hydrogen-bond acceptors (Lipinski definition) is 5. The second-order valence-corrected chi connectivity index (χ2v) is 5.50. The number of hydrogen-bond donors (Lipinski definition) is 2. The molecule has 1 heterocycles. The summed E-state index contributed by atoms with van der Waals surface area (Å²) < 4.78 is 5.15. The first-order valence-corrected chi connectivity index (χ1v) is 7.48. The largest absolute Gasteiger partial charge is 0.480 e. The van der Waals surface area contributed by atoms with E-state index in [2.05, 4.69) is 10.3 Å². The summed E-state index contributed by atoms with van der Waals surface area (Å²) in [4.78, 5) is 27.9. The highest BCUT2D eigenvalue weighted by atomic mass is 16.4. The standard InChI is InChI=1S/C18H16N2O4/c1-11-6-5-9-13-15(11)17(23)24-18(19-13)20-14(16(21)22)10-12-7-3-2-4-8-12/h2-9,14H,10H2,1H3,(H,19,20)(H,21,22). The molecule has 1 atom stereocenters. The van der Waals surface area contributed by atoms with Gasteiger partial charge < -0.3 is 14.8 Å². The van der Waals surface area contributed by atoms with Crippen molar-refractivity contribution in [1.82, 2.24) is 4.98 Å². The predicted molar refractivity (Wildman–Crippen MR) is 90.2 cm³/mol. The Morgan fingerprint density at radius 2 is 1.96 bits per heavy atom. The lowest BCUT2D eigenvalue weighted by Gasteiger charge is -2.14. The van der Waals surface area contributed by atoms with Gasteiger partial charge in [-0.15, -0.1) is 0 Å². The van der Waals surface area contributed by atoms with Crippen LogP contribution in [0.4, 0.5) is 6.01 Å². The minimum atomic E-state index is -1.05. The zero-order valence-corrected chi connectivity index (χ0v) is 13.0. The molecule has 1 unspecified atom stereocenters. The molecular weight excluding hydrogens is 308 g/mol. The van der Waals surface area contributed by atoms with Crippen LogP contribution in [0.2, 0.25) is 0 Å². The van der Waals surface area contributed by atoms with Gasteiger partial charge in [-0.1, -0.05) is 42.5 Å². The van der Waals surface area contributed by atoms with Gasteiger partial charge in [-0.25, -0.2) is 9.59 Å². The van der Waals surface area contributed by atoms with Crippen LogP contribution < -0.4 is 10.9 Å². The fourth-order valence-corrected chi connectivity index (χ4v) is 2.54. The van der Waals surface area contributed by atoms with Gasteiger partial charge in [-0.05, 0) is 24.1 Å². The molecule has 0 aliphatic heterocycles. The Hall–Kier alpha value is -3.15. The van der Waals surface area contributed by atoms with Gasteiger partial charge >= 0.3 is 11.6 Å². The van der Waals surface area contributed by atoms with Crippen LogP contribution in [0.3, 0.4) is 0 Å². The molecular formula is C18H16N2O4. The first-order valence-electron chi connectivity index (χ1n) is 7.48. The average molecular weight is 324 g/mol. The summed E-state index contributed by atoms with van der Waals surface area (Å²) in [6, 6.07) is 13.4. The Morgan fingerprint density at radius 3 is 2.67 bits per heavy atom. The van der Waals surface area contributed by atoms with E-state index in [-0.39, 0.29) is 12.4 Å². The Bertz CT molecular complexity index is 935. The number of carboxylic acid groups (broad SMARTS) is 1. The van der Waals surface area contributed by atoms with E-state index in [1.165, 1.54) is 0 Å². The molecule has 2 aromatic carbocycles. The topological polar surface area (TPSA) is 92.4 Å². The SMILES string of the molecule is Cc1cccc2nc(NC(Cc3ccccc3)C(=O)O)oc(=O)c12. The Labute approximate surface area is 137 Å². The first kappa shape index (κ1) is 15.7. The number of rotatable bonds is 5. The van der Waals surface area contributed by atoms with Gasteiger partial charge in [0.15, 0.2) is 0 Å². The molecule has 0 bridgehead atoms. The molecule has 0 radical (unpaired) electrons. The van der Waals surface area contributed by atoms with Gasteiger partial charge in [0.05, 0.1) is 10.9 Å². The highest BCUT2D eigenvalue weighted by Gasteiger charge is 2.20. The van der Waals surface area contributed by atoms with Crippen LogP contribution in [0.15, 0.2) is 57.7 Å². The number of benzene rings is 2. The summed E-state index contributed by atoms with van der Waals surface area (Å²) in [6.45, 7) is 1.80. The molecule has 6 nitrogen and oxygen atoms in total. The van der Waals surface area contributed by atoms with E-state index in [9.17, 15) is 14.7 Å². The average Bonchev–Trinajstić information content (AvgIpc) is 2.55. The molecule has 122 valence electrons. The summed E-state index contributed by atoms with van der Waals surface area (Å²) in [5.41, 5.74) is 1.55. The molecule has 3 aromatic rings.